The summed E-state index contributed by atoms with van der Waals surface area (Å²) in [6, 6.07) is -0.789. The second-order valence-corrected chi connectivity index (χ2v) is 6.59. The van der Waals surface area contributed by atoms with Crippen LogP contribution in [0.4, 0.5) is 4.79 Å². The Morgan fingerprint density at radius 3 is 2.65 bits per heavy atom. The number of hydrogen-bond acceptors (Lipinski definition) is 4. The number of aliphatic carboxylic acids is 1. The molecular formula is C13H23N3O3S. The maximum absolute atomic E-state index is 12.7. The van der Waals surface area contributed by atoms with Gasteiger partial charge in [0.15, 0.2) is 0 Å². The first-order valence-electron chi connectivity index (χ1n) is 7.14. The summed E-state index contributed by atoms with van der Waals surface area (Å²) in [5, 5.41) is 9.30. The Kier molecular flexibility index (Phi) is 5.15. The molecule has 2 rings (SSSR count). The minimum absolute atomic E-state index is 0.00965. The van der Waals surface area contributed by atoms with E-state index in [0.29, 0.717) is 18.8 Å². The number of carbonyl (C=O) groups is 2. The van der Waals surface area contributed by atoms with Crippen molar-refractivity contribution in [1.82, 2.24) is 14.7 Å². The lowest BCUT2D eigenvalue weighted by atomic mass is 10.2. The van der Waals surface area contributed by atoms with Crippen LogP contribution in [0.25, 0.3) is 0 Å². The number of carbonyl (C=O) groups excluding carboxylic acids is 1. The Morgan fingerprint density at radius 2 is 2.00 bits per heavy atom. The van der Waals surface area contributed by atoms with Gasteiger partial charge in [-0.05, 0) is 26.4 Å². The van der Waals surface area contributed by atoms with E-state index in [1.807, 2.05) is 11.8 Å². The van der Waals surface area contributed by atoms with E-state index in [4.69, 9.17) is 0 Å². The molecule has 0 aromatic rings. The summed E-state index contributed by atoms with van der Waals surface area (Å²) < 4.78 is 0. The summed E-state index contributed by atoms with van der Waals surface area (Å²) in [5.41, 5.74) is 0. The van der Waals surface area contributed by atoms with E-state index in [0.717, 1.165) is 25.9 Å². The Bertz CT molecular complexity index is 380. The van der Waals surface area contributed by atoms with Crippen molar-refractivity contribution in [2.45, 2.75) is 31.2 Å². The van der Waals surface area contributed by atoms with Crippen LogP contribution in [0.1, 0.15) is 19.8 Å². The van der Waals surface area contributed by atoms with Crippen LogP contribution in [-0.4, -0.2) is 82.2 Å². The van der Waals surface area contributed by atoms with Crippen LogP contribution in [0.5, 0.6) is 0 Å². The third-order valence-electron chi connectivity index (χ3n) is 3.94. The lowest BCUT2D eigenvalue weighted by molar-refractivity contribution is -0.141. The van der Waals surface area contributed by atoms with Crippen molar-refractivity contribution >= 4 is 23.8 Å². The van der Waals surface area contributed by atoms with Gasteiger partial charge in [-0.3, -0.25) is 4.90 Å². The molecular weight excluding hydrogens is 278 g/mol. The van der Waals surface area contributed by atoms with Gasteiger partial charge in [0, 0.05) is 25.4 Å². The van der Waals surface area contributed by atoms with E-state index < -0.39 is 12.0 Å². The van der Waals surface area contributed by atoms with Gasteiger partial charge in [0.25, 0.3) is 0 Å². The molecule has 2 aliphatic heterocycles. The summed E-state index contributed by atoms with van der Waals surface area (Å²) >= 11 is 1.57. The van der Waals surface area contributed by atoms with Gasteiger partial charge in [0.05, 0.1) is 5.37 Å². The van der Waals surface area contributed by atoms with Crippen LogP contribution in [0.2, 0.25) is 0 Å². The Hall–Kier alpha value is -0.950. The number of carboxylic acid groups (broad SMARTS) is 1. The number of amides is 2. The van der Waals surface area contributed by atoms with Gasteiger partial charge in [-0.15, -0.1) is 11.8 Å². The fourth-order valence-electron chi connectivity index (χ4n) is 2.73. The summed E-state index contributed by atoms with van der Waals surface area (Å²) in [6.45, 7) is 5.23. The highest BCUT2D eigenvalue weighted by Crippen LogP contribution is 2.32. The Balaban J connectivity index is 2.10. The second kappa shape index (κ2) is 6.67. The van der Waals surface area contributed by atoms with Gasteiger partial charge in [-0.25, -0.2) is 9.59 Å². The molecule has 0 radical (unpaired) electrons. The molecule has 0 bridgehead atoms. The number of thioether (sulfide) groups is 1. The predicted octanol–water partition coefficient (Wildman–Crippen LogP) is 0.982. The van der Waals surface area contributed by atoms with Gasteiger partial charge in [0.1, 0.15) is 6.04 Å². The molecule has 2 amide bonds. The Labute approximate surface area is 124 Å². The predicted molar refractivity (Wildman–Crippen MR) is 78.9 cm³/mol. The minimum Gasteiger partial charge on any atom is -0.480 e. The number of nitrogens with zero attached hydrogens (tertiary/aromatic N) is 3. The van der Waals surface area contributed by atoms with Crippen molar-refractivity contribution in [3.8, 4) is 0 Å². The van der Waals surface area contributed by atoms with Gasteiger partial charge in [-0.2, -0.15) is 0 Å². The van der Waals surface area contributed by atoms with Crippen LogP contribution in [-0.2, 0) is 4.79 Å². The third-order valence-corrected chi connectivity index (χ3v) is 5.39. The largest absolute Gasteiger partial charge is 0.480 e. The first-order valence-corrected chi connectivity index (χ1v) is 8.19. The van der Waals surface area contributed by atoms with Crippen LogP contribution < -0.4 is 0 Å². The van der Waals surface area contributed by atoms with Crippen molar-refractivity contribution in [1.29, 1.82) is 0 Å². The molecule has 0 aromatic heterocycles. The molecule has 0 aliphatic carbocycles. The lowest BCUT2D eigenvalue weighted by Gasteiger charge is -2.32. The summed E-state index contributed by atoms with van der Waals surface area (Å²) in [7, 11) is 2.05. The molecule has 2 heterocycles. The van der Waals surface area contributed by atoms with Crippen molar-refractivity contribution < 1.29 is 14.7 Å². The molecule has 2 aliphatic rings. The molecule has 2 saturated heterocycles. The summed E-state index contributed by atoms with van der Waals surface area (Å²) in [4.78, 5) is 29.6. The Morgan fingerprint density at radius 1 is 1.25 bits per heavy atom. The van der Waals surface area contributed by atoms with Gasteiger partial charge in [0.2, 0.25) is 0 Å². The van der Waals surface area contributed by atoms with Gasteiger partial charge < -0.3 is 14.9 Å². The number of urea groups is 1. The molecule has 2 fully saturated rings. The fraction of sp³-hybridized carbons (Fsp3) is 0.846. The zero-order chi connectivity index (χ0) is 14.7. The van der Waals surface area contributed by atoms with Crippen LogP contribution in [0.3, 0.4) is 0 Å². The van der Waals surface area contributed by atoms with Crippen molar-refractivity contribution in [3.63, 3.8) is 0 Å². The van der Waals surface area contributed by atoms with Gasteiger partial charge >= 0.3 is 12.0 Å². The molecule has 0 saturated carbocycles. The molecule has 2 atom stereocenters. The molecule has 2 unspecified atom stereocenters. The quantitative estimate of drug-likeness (QED) is 0.824. The number of hydrogen-bond donors (Lipinski definition) is 1. The second-order valence-electron chi connectivity index (χ2n) is 5.38. The van der Waals surface area contributed by atoms with Crippen LogP contribution >= 0.6 is 11.8 Å². The normalized spacial score (nSPS) is 28.5. The SMILES string of the molecule is CCC1SCC(C(=O)O)N1C(=O)N1CCCN(C)CC1. The molecule has 7 heteroatoms. The molecule has 6 nitrogen and oxygen atoms in total. The summed E-state index contributed by atoms with van der Waals surface area (Å²) in [6.07, 6.45) is 1.73. The van der Waals surface area contributed by atoms with E-state index in [1.165, 1.54) is 0 Å². The lowest BCUT2D eigenvalue weighted by Crippen LogP contribution is -2.52. The zero-order valence-electron chi connectivity index (χ0n) is 12.1. The smallest absolute Gasteiger partial charge is 0.327 e. The van der Waals surface area contributed by atoms with Crippen molar-refractivity contribution in [3.05, 3.63) is 0 Å². The van der Waals surface area contributed by atoms with Crippen molar-refractivity contribution in [2.24, 2.45) is 0 Å². The topological polar surface area (TPSA) is 64.1 Å². The first kappa shape index (κ1) is 15.4. The average Bonchev–Trinajstić information content (AvgIpc) is 2.74. The molecule has 1 N–H and O–H groups in total. The molecule has 0 spiro atoms. The zero-order valence-corrected chi connectivity index (χ0v) is 12.9. The highest BCUT2D eigenvalue weighted by Gasteiger charge is 2.42. The van der Waals surface area contributed by atoms with Gasteiger partial charge in [-0.1, -0.05) is 6.92 Å². The van der Waals surface area contributed by atoms with E-state index in [2.05, 4.69) is 11.9 Å². The maximum Gasteiger partial charge on any atom is 0.327 e. The molecule has 20 heavy (non-hydrogen) atoms. The van der Waals surface area contributed by atoms with Crippen LogP contribution in [0, 0.1) is 0 Å². The molecule has 0 aromatic carbocycles. The minimum atomic E-state index is -0.895. The van der Waals surface area contributed by atoms with Crippen LogP contribution in [0.15, 0.2) is 0 Å². The maximum atomic E-state index is 12.7. The van der Waals surface area contributed by atoms with E-state index in [9.17, 15) is 14.7 Å². The van der Waals surface area contributed by atoms with E-state index in [-0.39, 0.29) is 11.4 Å². The number of carboxylic acids is 1. The number of likely N-dealkylation sites (N-methyl/N-ethyl adjacent to an activating group) is 1. The summed E-state index contributed by atoms with van der Waals surface area (Å²) in [5.74, 6) is -0.401. The monoisotopic (exact) mass is 301 g/mol. The highest BCUT2D eigenvalue weighted by molar-refractivity contribution is 8.00. The highest BCUT2D eigenvalue weighted by atomic mass is 32.2. The fourth-order valence-corrected chi connectivity index (χ4v) is 4.07. The third kappa shape index (κ3) is 3.20. The standard InChI is InChI=1S/C13H23N3O3S/c1-3-11-16(10(9-20-11)12(17)18)13(19)15-6-4-5-14(2)7-8-15/h10-11H,3-9H2,1-2H3,(H,17,18). The van der Waals surface area contributed by atoms with E-state index >= 15 is 0 Å². The number of rotatable bonds is 2. The van der Waals surface area contributed by atoms with Crippen molar-refractivity contribution in [2.75, 3.05) is 39.0 Å². The molecule has 114 valence electrons. The first-order chi connectivity index (χ1) is 9.54. The van der Waals surface area contributed by atoms with E-state index in [1.54, 1.807) is 16.7 Å². The average molecular weight is 301 g/mol.